The maximum atomic E-state index is 6.40. The monoisotopic (exact) mass is 393 g/mol. The molecule has 2 aliphatic heterocycles. The third-order valence-corrected chi connectivity index (χ3v) is 5.67. The van der Waals surface area contributed by atoms with Crippen molar-refractivity contribution in [1.82, 2.24) is 0 Å². The molecule has 0 saturated carbocycles. The van der Waals surface area contributed by atoms with E-state index < -0.39 is 0 Å². The lowest BCUT2D eigenvalue weighted by molar-refractivity contribution is 0.124. The minimum absolute atomic E-state index is 0.201. The summed E-state index contributed by atoms with van der Waals surface area (Å²) in [6.07, 6.45) is 1.69. The first kappa shape index (κ1) is 20.0. The van der Waals surface area contributed by atoms with Crippen molar-refractivity contribution in [2.75, 3.05) is 13.7 Å². The van der Waals surface area contributed by atoms with E-state index in [9.17, 15) is 0 Å². The molecule has 4 nitrogen and oxygen atoms in total. The van der Waals surface area contributed by atoms with Crippen molar-refractivity contribution < 1.29 is 14.2 Å². The molecule has 4 heteroatoms. The van der Waals surface area contributed by atoms with Crippen LogP contribution in [0.4, 0.5) is 0 Å². The third kappa shape index (κ3) is 3.55. The molecule has 0 spiro atoms. The van der Waals surface area contributed by atoms with Crippen molar-refractivity contribution >= 4 is 5.71 Å². The summed E-state index contributed by atoms with van der Waals surface area (Å²) in [4.78, 5) is 5.21. The van der Waals surface area contributed by atoms with E-state index in [0.717, 1.165) is 41.2 Å². The van der Waals surface area contributed by atoms with Gasteiger partial charge in [-0.3, -0.25) is 4.99 Å². The average Bonchev–Trinajstić information content (AvgIpc) is 2.99. The Kier molecular flexibility index (Phi) is 4.94. The zero-order chi connectivity index (χ0) is 20.8. The van der Waals surface area contributed by atoms with Crippen LogP contribution in [0.15, 0.2) is 35.3 Å². The number of aliphatic imine (C=N–C) groups is 1. The highest BCUT2D eigenvalue weighted by Crippen LogP contribution is 2.50. The van der Waals surface area contributed by atoms with Gasteiger partial charge in [-0.1, -0.05) is 30.3 Å². The molecule has 0 fully saturated rings. The predicted molar refractivity (Wildman–Crippen MR) is 117 cm³/mol. The number of hydrogen-bond acceptors (Lipinski definition) is 4. The largest absolute Gasteiger partial charge is 0.492 e. The van der Waals surface area contributed by atoms with Crippen molar-refractivity contribution in [3.63, 3.8) is 0 Å². The van der Waals surface area contributed by atoms with Crippen molar-refractivity contribution in [1.29, 1.82) is 0 Å². The molecule has 29 heavy (non-hydrogen) atoms. The second-order valence-corrected chi connectivity index (χ2v) is 9.16. The summed E-state index contributed by atoms with van der Waals surface area (Å²) in [5.74, 6) is 1.68. The molecule has 0 saturated heterocycles. The van der Waals surface area contributed by atoms with E-state index in [1.165, 1.54) is 16.7 Å². The summed E-state index contributed by atoms with van der Waals surface area (Å²) in [6.45, 7) is 11.8. The lowest BCUT2D eigenvalue weighted by atomic mass is 9.78. The standard InChI is InChI=1S/C25H31NO3/c1-7-28-15-19-17-13-24(2,3)26-21(16-11-9-8-10-12-16)20(17)18-14-25(4,5)29-23(18)22(19)27-6/h8-12H,7,13-15H2,1-6H3. The summed E-state index contributed by atoms with van der Waals surface area (Å²) >= 11 is 0. The molecule has 0 radical (unpaired) electrons. The number of hydrogen-bond donors (Lipinski definition) is 0. The van der Waals surface area contributed by atoms with Crippen LogP contribution < -0.4 is 9.47 Å². The molecular formula is C25H31NO3. The molecular weight excluding hydrogens is 362 g/mol. The van der Waals surface area contributed by atoms with E-state index >= 15 is 0 Å². The first-order valence-electron chi connectivity index (χ1n) is 10.4. The third-order valence-electron chi connectivity index (χ3n) is 5.67. The van der Waals surface area contributed by atoms with Gasteiger partial charge in [-0.05, 0) is 46.6 Å². The zero-order valence-corrected chi connectivity index (χ0v) is 18.4. The molecule has 0 bridgehead atoms. The smallest absolute Gasteiger partial charge is 0.166 e. The second-order valence-electron chi connectivity index (χ2n) is 9.16. The van der Waals surface area contributed by atoms with Gasteiger partial charge >= 0.3 is 0 Å². The summed E-state index contributed by atoms with van der Waals surface area (Å²) in [5, 5.41) is 0. The minimum atomic E-state index is -0.275. The molecule has 0 aromatic heterocycles. The molecule has 0 unspecified atom stereocenters. The van der Waals surface area contributed by atoms with Crippen LogP contribution in [0.5, 0.6) is 11.5 Å². The van der Waals surface area contributed by atoms with E-state index in [2.05, 4.69) is 52.0 Å². The number of benzene rings is 2. The minimum Gasteiger partial charge on any atom is -0.492 e. The van der Waals surface area contributed by atoms with Crippen LogP contribution in [0.1, 0.15) is 62.4 Å². The summed E-state index contributed by atoms with van der Waals surface area (Å²) in [6, 6.07) is 10.5. The van der Waals surface area contributed by atoms with Gasteiger partial charge in [0.1, 0.15) is 5.60 Å². The van der Waals surface area contributed by atoms with Gasteiger partial charge in [0.2, 0.25) is 0 Å². The van der Waals surface area contributed by atoms with Crippen LogP contribution in [-0.2, 0) is 24.2 Å². The van der Waals surface area contributed by atoms with Gasteiger partial charge in [-0.15, -0.1) is 0 Å². The summed E-state index contributed by atoms with van der Waals surface area (Å²) in [7, 11) is 1.73. The van der Waals surface area contributed by atoms with E-state index in [0.29, 0.717) is 13.2 Å². The van der Waals surface area contributed by atoms with E-state index in [-0.39, 0.29) is 11.1 Å². The molecule has 0 aliphatic carbocycles. The zero-order valence-electron chi connectivity index (χ0n) is 18.4. The van der Waals surface area contributed by atoms with Gasteiger partial charge in [0.15, 0.2) is 11.5 Å². The van der Waals surface area contributed by atoms with Gasteiger partial charge in [-0.25, -0.2) is 0 Å². The first-order valence-corrected chi connectivity index (χ1v) is 10.4. The fourth-order valence-electron chi connectivity index (χ4n) is 4.56. The molecule has 2 aromatic rings. The Bertz CT molecular complexity index is 958. The molecule has 0 amide bonds. The number of fused-ring (bicyclic) bond motifs is 3. The number of methoxy groups -OCH3 is 1. The molecule has 2 aliphatic rings. The van der Waals surface area contributed by atoms with Crippen LogP contribution in [0.3, 0.4) is 0 Å². The van der Waals surface area contributed by atoms with Gasteiger partial charge in [-0.2, -0.15) is 0 Å². The van der Waals surface area contributed by atoms with Crippen LogP contribution >= 0.6 is 0 Å². The number of nitrogens with zero attached hydrogens (tertiary/aromatic N) is 1. The maximum absolute atomic E-state index is 6.40. The highest BCUT2D eigenvalue weighted by Gasteiger charge is 2.41. The van der Waals surface area contributed by atoms with E-state index in [1.807, 2.05) is 13.0 Å². The van der Waals surface area contributed by atoms with Crippen LogP contribution in [0.25, 0.3) is 0 Å². The summed E-state index contributed by atoms with van der Waals surface area (Å²) < 4.78 is 18.2. The Morgan fingerprint density at radius 2 is 1.76 bits per heavy atom. The maximum Gasteiger partial charge on any atom is 0.166 e. The quantitative estimate of drug-likeness (QED) is 0.708. The van der Waals surface area contributed by atoms with Crippen LogP contribution in [0.2, 0.25) is 0 Å². The second kappa shape index (κ2) is 7.17. The lowest BCUT2D eigenvalue weighted by Gasteiger charge is -2.33. The summed E-state index contributed by atoms with van der Waals surface area (Å²) in [5.41, 5.74) is 6.52. The van der Waals surface area contributed by atoms with Gasteiger partial charge in [0.25, 0.3) is 0 Å². The van der Waals surface area contributed by atoms with Crippen LogP contribution in [-0.4, -0.2) is 30.6 Å². The fraction of sp³-hybridized carbons (Fsp3) is 0.480. The van der Waals surface area contributed by atoms with Crippen molar-refractivity contribution in [2.24, 2.45) is 4.99 Å². The average molecular weight is 394 g/mol. The Hall–Kier alpha value is -2.33. The molecule has 4 rings (SSSR count). The first-order chi connectivity index (χ1) is 13.8. The molecule has 154 valence electrons. The fourth-order valence-corrected chi connectivity index (χ4v) is 4.56. The lowest BCUT2D eigenvalue weighted by Crippen LogP contribution is -2.31. The van der Waals surface area contributed by atoms with E-state index in [1.54, 1.807) is 7.11 Å². The topological polar surface area (TPSA) is 40.0 Å². The molecule has 2 aromatic carbocycles. The Balaban J connectivity index is 2.04. The Labute approximate surface area is 173 Å². The Morgan fingerprint density at radius 3 is 2.41 bits per heavy atom. The normalized spacial score (nSPS) is 18.5. The SMILES string of the molecule is CCOCc1c2c(c3c(c1OC)OC(C)(C)C3)C(c1ccccc1)=NC(C)(C)C2. The highest BCUT2D eigenvalue weighted by atomic mass is 16.5. The van der Waals surface area contributed by atoms with E-state index in [4.69, 9.17) is 19.2 Å². The molecule has 2 heterocycles. The van der Waals surface area contributed by atoms with Crippen molar-refractivity contribution in [3.8, 4) is 11.5 Å². The van der Waals surface area contributed by atoms with Crippen molar-refractivity contribution in [3.05, 3.63) is 58.1 Å². The number of rotatable bonds is 5. The number of ether oxygens (including phenoxy) is 3. The highest BCUT2D eigenvalue weighted by molar-refractivity contribution is 6.16. The predicted octanol–water partition coefficient (Wildman–Crippen LogP) is 5.12. The Morgan fingerprint density at radius 1 is 1.03 bits per heavy atom. The van der Waals surface area contributed by atoms with Crippen LogP contribution in [0, 0.1) is 0 Å². The van der Waals surface area contributed by atoms with Gasteiger partial charge < -0.3 is 14.2 Å². The molecule has 0 N–H and O–H groups in total. The van der Waals surface area contributed by atoms with Gasteiger partial charge in [0.05, 0.1) is 25.0 Å². The molecule has 0 atom stereocenters. The van der Waals surface area contributed by atoms with Crippen molar-refractivity contribution in [2.45, 2.75) is 65.2 Å². The van der Waals surface area contributed by atoms with Gasteiger partial charge in [0, 0.05) is 35.3 Å².